The molecule has 1 fully saturated rings. The first-order valence-corrected chi connectivity index (χ1v) is 7.03. The van der Waals surface area contributed by atoms with Crippen LogP contribution in [0.4, 0.5) is 4.79 Å². The molecule has 19 heavy (non-hydrogen) atoms. The first kappa shape index (κ1) is 15.9. The Morgan fingerprint density at radius 1 is 1.26 bits per heavy atom. The average Bonchev–Trinajstić information content (AvgIpc) is 2.37. The lowest BCUT2D eigenvalue weighted by Gasteiger charge is -2.34. The number of nitrogens with zero attached hydrogens (tertiary/aromatic N) is 1. The zero-order valence-corrected chi connectivity index (χ0v) is 11.9. The Labute approximate surface area is 114 Å². The van der Waals surface area contributed by atoms with Crippen molar-refractivity contribution in [1.82, 2.24) is 10.2 Å². The maximum absolute atomic E-state index is 11.7. The molecule has 1 rings (SSSR count). The van der Waals surface area contributed by atoms with E-state index in [1.165, 1.54) is 0 Å². The molecule has 1 aliphatic rings. The smallest absolute Gasteiger partial charge is 0.413 e. The summed E-state index contributed by atoms with van der Waals surface area (Å²) < 4.78 is 4.68. The topological polar surface area (TPSA) is 84.7 Å². The highest BCUT2D eigenvalue weighted by atomic mass is 16.5. The molecule has 0 aromatic rings. The Morgan fingerprint density at radius 2 is 1.89 bits per heavy atom. The van der Waals surface area contributed by atoms with Gasteiger partial charge in [0, 0.05) is 12.1 Å². The van der Waals surface area contributed by atoms with E-state index in [4.69, 9.17) is 5.73 Å². The van der Waals surface area contributed by atoms with Crippen molar-refractivity contribution >= 4 is 12.0 Å². The summed E-state index contributed by atoms with van der Waals surface area (Å²) in [5.41, 5.74) is 5.88. The number of amides is 2. The van der Waals surface area contributed by atoms with E-state index in [-0.39, 0.29) is 19.1 Å². The molecule has 6 nitrogen and oxygen atoms in total. The highest BCUT2D eigenvalue weighted by molar-refractivity contribution is 5.92. The zero-order valence-electron chi connectivity index (χ0n) is 11.9. The number of rotatable bonds is 5. The van der Waals surface area contributed by atoms with Crippen LogP contribution in [0.15, 0.2) is 0 Å². The predicted octanol–water partition coefficient (Wildman–Crippen LogP) is 0.851. The Morgan fingerprint density at radius 3 is 2.42 bits per heavy atom. The van der Waals surface area contributed by atoms with E-state index >= 15 is 0 Å². The summed E-state index contributed by atoms with van der Waals surface area (Å²) in [5, 5.41) is 2.23. The molecule has 0 bridgehead atoms. The van der Waals surface area contributed by atoms with E-state index in [2.05, 4.69) is 15.0 Å². The molecule has 1 saturated carbocycles. The molecule has 0 aromatic carbocycles. The van der Waals surface area contributed by atoms with Gasteiger partial charge < -0.3 is 10.5 Å². The number of nitrogens with two attached hydrogens (primary N) is 1. The molecule has 6 heteroatoms. The van der Waals surface area contributed by atoms with Gasteiger partial charge >= 0.3 is 6.09 Å². The Balaban J connectivity index is 2.39. The third kappa shape index (κ3) is 5.57. The molecule has 0 radical (unpaired) electrons. The van der Waals surface area contributed by atoms with Crippen LogP contribution in [-0.4, -0.2) is 48.7 Å². The van der Waals surface area contributed by atoms with Gasteiger partial charge in [-0.2, -0.15) is 0 Å². The summed E-state index contributed by atoms with van der Waals surface area (Å²) >= 11 is 0. The number of hydrogen-bond acceptors (Lipinski definition) is 5. The van der Waals surface area contributed by atoms with Gasteiger partial charge in [-0.1, -0.05) is 6.92 Å². The Bertz CT molecular complexity index is 302. The van der Waals surface area contributed by atoms with Crippen LogP contribution in [-0.2, 0) is 9.53 Å². The van der Waals surface area contributed by atoms with Gasteiger partial charge in [0.15, 0.2) is 0 Å². The largest absolute Gasteiger partial charge is 0.450 e. The zero-order chi connectivity index (χ0) is 14.3. The number of nitrogens with one attached hydrogen (secondary N) is 1. The van der Waals surface area contributed by atoms with Gasteiger partial charge in [0.1, 0.15) is 0 Å². The molecule has 0 aliphatic heterocycles. The van der Waals surface area contributed by atoms with Crippen LogP contribution in [0.5, 0.6) is 0 Å². The molecule has 0 spiro atoms. The highest BCUT2D eigenvalue weighted by Crippen LogP contribution is 2.21. The first-order chi connectivity index (χ1) is 9.06. The van der Waals surface area contributed by atoms with Gasteiger partial charge in [-0.25, -0.2) is 4.79 Å². The van der Waals surface area contributed by atoms with Gasteiger partial charge in [0.2, 0.25) is 5.91 Å². The number of hydrogen-bond donors (Lipinski definition) is 2. The van der Waals surface area contributed by atoms with Gasteiger partial charge in [-0.15, -0.1) is 0 Å². The normalized spacial score (nSPS) is 23.2. The maximum Gasteiger partial charge on any atom is 0.413 e. The summed E-state index contributed by atoms with van der Waals surface area (Å²) in [4.78, 5) is 25.0. The number of carbonyl (C=O) groups excluding carboxylic acids is 2. The van der Waals surface area contributed by atoms with E-state index in [1.54, 1.807) is 6.92 Å². The minimum atomic E-state index is -0.672. The van der Waals surface area contributed by atoms with Crippen LogP contribution in [0.1, 0.15) is 39.5 Å². The molecule has 0 saturated heterocycles. The predicted molar refractivity (Wildman–Crippen MR) is 72.6 cm³/mol. The number of imide groups is 1. The fourth-order valence-electron chi connectivity index (χ4n) is 2.47. The van der Waals surface area contributed by atoms with Crippen molar-refractivity contribution in [3.05, 3.63) is 0 Å². The van der Waals surface area contributed by atoms with Crippen molar-refractivity contribution in [3.63, 3.8) is 0 Å². The SMILES string of the molecule is CCOC(=O)NC(=O)CN(CC)C1CCC(N)CC1. The fraction of sp³-hybridized carbons (Fsp3) is 0.846. The molecule has 0 atom stereocenters. The molecule has 110 valence electrons. The fourth-order valence-corrected chi connectivity index (χ4v) is 2.47. The lowest BCUT2D eigenvalue weighted by atomic mass is 9.91. The van der Waals surface area contributed by atoms with Gasteiger partial charge in [-0.3, -0.25) is 15.0 Å². The summed E-state index contributed by atoms with van der Waals surface area (Å²) in [6.07, 6.45) is 3.36. The lowest BCUT2D eigenvalue weighted by molar-refractivity contribution is -0.122. The Hall–Kier alpha value is -1.14. The van der Waals surface area contributed by atoms with Crippen molar-refractivity contribution in [2.75, 3.05) is 19.7 Å². The van der Waals surface area contributed by atoms with Crippen molar-refractivity contribution in [1.29, 1.82) is 0 Å². The second-order valence-corrected chi connectivity index (χ2v) is 4.90. The summed E-state index contributed by atoms with van der Waals surface area (Å²) in [6, 6.07) is 0.682. The van der Waals surface area contributed by atoms with E-state index in [1.807, 2.05) is 6.92 Å². The van der Waals surface area contributed by atoms with E-state index in [9.17, 15) is 9.59 Å². The first-order valence-electron chi connectivity index (χ1n) is 7.03. The average molecular weight is 271 g/mol. The molecule has 2 amide bonds. The van der Waals surface area contributed by atoms with Gasteiger partial charge in [-0.05, 0) is 39.2 Å². The van der Waals surface area contributed by atoms with Gasteiger partial charge in [0.25, 0.3) is 0 Å². The van der Waals surface area contributed by atoms with Crippen LogP contribution in [0.3, 0.4) is 0 Å². The third-order valence-electron chi connectivity index (χ3n) is 3.53. The quantitative estimate of drug-likeness (QED) is 0.774. The van der Waals surface area contributed by atoms with Crippen LogP contribution in [0, 0.1) is 0 Å². The molecule has 1 aliphatic carbocycles. The van der Waals surface area contributed by atoms with Crippen molar-refractivity contribution in [3.8, 4) is 0 Å². The van der Waals surface area contributed by atoms with Crippen LogP contribution in [0.25, 0.3) is 0 Å². The molecular formula is C13H25N3O3. The minimum Gasteiger partial charge on any atom is -0.450 e. The van der Waals surface area contributed by atoms with E-state index in [0.29, 0.717) is 12.1 Å². The third-order valence-corrected chi connectivity index (χ3v) is 3.53. The molecule has 0 aromatic heterocycles. The second-order valence-electron chi connectivity index (χ2n) is 4.90. The van der Waals surface area contributed by atoms with Crippen LogP contribution < -0.4 is 11.1 Å². The molecule has 0 unspecified atom stereocenters. The van der Waals surface area contributed by atoms with E-state index in [0.717, 1.165) is 32.2 Å². The van der Waals surface area contributed by atoms with Crippen molar-refractivity contribution < 1.29 is 14.3 Å². The summed E-state index contributed by atoms with van der Waals surface area (Å²) in [7, 11) is 0. The number of carbonyl (C=O) groups is 2. The standard InChI is InChI=1S/C13H25N3O3/c1-3-16(11-7-5-10(14)6-8-11)9-12(17)15-13(18)19-4-2/h10-11H,3-9,14H2,1-2H3,(H,15,17,18). The highest BCUT2D eigenvalue weighted by Gasteiger charge is 2.25. The Kier molecular flexibility index (Phi) is 6.80. The second kappa shape index (κ2) is 8.12. The van der Waals surface area contributed by atoms with E-state index < -0.39 is 6.09 Å². The number of alkyl carbamates (subject to hydrolysis) is 1. The molecule has 3 N–H and O–H groups in total. The number of ether oxygens (including phenoxy) is 1. The lowest BCUT2D eigenvalue weighted by Crippen LogP contribution is -2.46. The van der Waals surface area contributed by atoms with Crippen molar-refractivity contribution in [2.45, 2.75) is 51.6 Å². The maximum atomic E-state index is 11.7. The summed E-state index contributed by atoms with van der Waals surface area (Å²) in [6.45, 7) is 5.00. The van der Waals surface area contributed by atoms with Crippen LogP contribution in [0.2, 0.25) is 0 Å². The minimum absolute atomic E-state index is 0.231. The monoisotopic (exact) mass is 271 g/mol. The summed E-state index contributed by atoms with van der Waals surface area (Å²) in [5.74, 6) is -0.310. The molecule has 0 heterocycles. The number of likely N-dealkylation sites (N-methyl/N-ethyl adjacent to an activating group) is 1. The molecular weight excluding hydrogens is 246 g/mol. The van der Waals surface area contributed by atoms with Crippen LogP contribution >= 0.6 is 0 Å². The van der Waals surface area contributed by atoms with Crippen molar-refractivity contribution in [2.24, 2.45) is 5.73 Å². The van der Waals surface area contributed by atoms with Gasteiger partial charge in [0.05, 0.1) is 13.2 Å².